The molecule has 0 aliphatic rings. The zero-order valence-electron chi connectivity index (χ0n) is 23.9. The van der Waals surface area contributed by atoms with Crippen molar-refractivity contribution in [1.29, 1.82) is 0 Å². The van der Waals surface area contributed by atoms with Crippen molar-refractivity contribution < 1.29 is 28.5 Å². The highest BCUT2D eigenvalue weighted by Crippen LogP contribution is 2.33. The second-order valence-corrected chi connectivity index (χ2v) is 9.00. The van der Waals surface area contributed by atoms with E-state index in [2.05, 4.69) is 0 Å². The van der Waals surface area contributed by atoms with Crippen LogP contribution in [0.4, 0.5) is 11.4 Å². The number of carbonyl (C=O) groups is 2. The second kappa shape index (κ2) is 19.5. The van der Waals surface area contributed by atoms with Crippen molar-refractivity contribution in [3.63, 3.8) is 0 Å². The summed E-state index contributed by atoms with van der Waals surface area (Å²) >= 11 is 11.4. The minimum atomic E-state index is -0.203. The van der Waals surface area contributed by atoms with Crippen LogP contribution in [0.25, 0.3) is 0 Å². The van der Waals surface area contributed by atoms with Crippen LogP contribution in [-0.4, -0.2) is 64.0 Å². The Balaban J connectivity index is 0.000000391. The summed E-state index contributed by atoms with van der Waals surface area (Å²) in [4.78, 5) is 27.1. The standard InChI is InChI=1S/C15H22ClNO3.C14H20ClNO3/c1-4-9-19-11-17(14(18)10-16)15-12(3)7-6-8-13(15)20-5-2;1-4-8-19-10-16(13(17)9-15)14-11(2)6-5-7-12(14)18-3/h6-8H,4-5,9-11H2,1-3H3;5-7H,4,8-10H2,1-3H3. The van der Waals surface area contributed by atoms with Crippen LogP contribution < -0.4 is 19.3 Å². The molecule has 0 saturated carbocycles. The second-order valence-electron chi connectivity index (χ2n) is 8.47. The third-order valence-electron chi connectivity index (χ3n) is 5.43. The van der Waals surface area contributed by atoms with Crippen LogP contribution in [0.2, 0.25) is 0 Å². The van der Waals surface area contributed by atoms with Gasteiger partial charge in [0, 0.05) is 13.2 Å². The molecule has 0 bridgehead atoms. The van der Waals surface area contributed by atoms with E-state index >= 15 is 0 Å². The number of methoxy groups -OCH3 is 1. The molecule has 0 radical (unpaired) electrons. The predicted molar refractivity (Wildman–Crippen MR) is 159 cm³/mol. The number of halogens is 2. The molecular formula is C29H42Cl2N2O6. The van der Waals surface area contributed by atoms with Gasteiger partial charge in [0.05, 0.1) is 25.1 Å². The van der Waals surface area contributed by atoms with Gasteiger partial charge in [0.1, 0.15) is 36.7 Å². The molecule has 0 fully saturated rings. The zero-order chi connectivity index (χ0) is 29.2. The Bertz CT molecular complexity index is 1020. The largest absolute Gasteiger partial charge is 0.495 e. The summed E-state index contributed by atoms with van der Waals surface area (Å²) in [6.07, 6.45) is 1.79. The summed E-state index contributed by atoms with van der Waals surface area (Å²) in [7, 11) is 1.58. The zero-order valence-corrected chi connectivity index (χ0v) is 25.4. The van der Waals surface area contributed by atoms with Crippen molar-refractivity contribution in [2.24, 2.45) is 0 Å². The van der Waals surface area contributed by atoms with Gasteiger partial charge in [-0.2, -0.15) is 0 Å². The van der Waals surface area contributed by atoms with E-state index in [4.69, 9.17) is 42.1 Å². The molecule has 2 rings (SSSR count). The van der Waals surface area contributed by atoms with Gasteiger partial charge in [-0.15, -0.1) is 23.2 Å². The van der Waals surface area contributed by atoms with Crippen LogP contribution in [0.1, 0.15) is 44.7 Å². The monoisotopic (exact) mass is 584 g/mol. The molecule has 0 aliphatic heterocycles. The van der Waals surface area contributed by atoms with Gasteiger partial charge in [0.25, 0.3) is 0 Å². The maximum atomic E-state index is 12.1. The Hall–Kier alpha value is -2.52. The van der Waals surface area contributed by atoms with E-state index in [1.165, 1.54) is 4.90 Å². The molecule has 0 unspecified atom stereocenters. The Morgan fingerprint density at radius 1 is 0.744 bits per heavy atom. The minimum Gasteiger partial charge on any atom is -0.495 e. The third-order valence-corrected chi connectivity index (χ3v) is 5.89. The Kier molecular flexibility index (Phi) is 17.3. The van der Waals surface area contributed by atoms with Gasteiger partial charge >= 0.3 is 0 Å². The van der Waals surface area contributed by atoms with Crippen molar-refractivity contribution in [1.82, 2.24) is 0 Å². The van der Waals surface area contributed by atoms with E-state index in [-0.39, 0.29) is 37.0 Å². The first-order valence-electron chi connectivity index (χ1n) is 13.0. The van der Waals surface area contributed by atoms with Crippen molar-refractivity contribution in [3.05, 3.63) is 47.5 Å². The third kappa shape index (κ3) is 10.9. The topological polar surface area (TPSA) is 77.5 Å². The molecule has 2 aromatic rings. The summed E-state index contributed by atoms with van der Waals surface area (Å²) in [5.74, 6) is 0.732. The molecule has 39 heavy (non-hydrogen) atoms. The number of hydrogen-bond acceptors (Lipinski definition) is 6. The average Bonchev–Trinajstić information content (AvgIpc) is 2.94. The Morgan fingerprint density at radius 2 is 1.18 bits per heavy atom. The number of carbonyl (C=O) groups excluding carboxylic acids is 2. The first-order chi connectivity index (χ1) is 18.8. The highest BCUT2D eigenvalue weighted by atomic mass is 35.5. The summed E-state index contributed by atoms with van der Waals surface area (Å²) in [6, 6.07) is 11.3. The lowest BCUT2D eigenvalue weighted by atomic mass is 10.1. The van der Waals surface area contributed by atoms with Gasteiger partial charge in [-0.1, -0.05) is 38.1 Å². The molecule has 10 heteroatoms. The lowest BCUT2D eigenvalue weighted by Gasteiger charge is -2.25. The van der Waals surface area contributed by atoms with Gasteiger partial charge in [-0.05, 0) is 56.9 Å². The number of benzene rings is 2. The first kappa shape index (κ1) is 34.5. The summed E-state index contributed by atoms with van der Waals surface area (Å²) in [5, 5.41) is 0. The van der Waals surface area contributed by atoms with E-state index in [9.17, 15) is 9.59 Å². The molecule has 0 atom stereocenters. The fourth-order valence-electron chi connectivity index (χ4n) is 3.66. The molecule has 0 N–H and O–H groups in total. The molecular weight excluding hydrogens is 543 g/mol. The average molecular weight is 586 g/mol. The summed E-state index contributed by atoms with van der Waals surface area (Å²) in [5.41, 5.74) is 3.34. The minimum absolute atomic E-state index is 0.0879. The van der Waals surface area contributed by atoms with E-state index in [1.807, 2.05) is 71.0 Å². The number of ether oxygens (including phenoxy) is 4. The van der Waals surface area contributed by atoms with E-state index in [1.54, 1.807) is 12.0 Å². The predicted octanol–water partition coefficient (Wildman–Crippen LogP) is 6.31. The van der Waals surface area contributed by atoms with Gasteiger partial charge in [0.2, 0.25) is 11.8 Å². The van der Waals surface area contributed by atoms with Crippen molar-refractivity contribution in [2.45, 2.75) is 47.5 Å². The lowest BCUT2D eigenvalue weighted by Crippen LogP contribution is -2.35. The first-order valence-corrected chi connectivity index (χ1v) is 14.1. The normalized spacial score (nSPS) is 10.4. The highest BCUT2D eigenvalue weighted by molar-refractivity contribution is 6.30. The van der Waals surface area contributed by atoms with Crippen molar-refractivity contribution in [2.75, 3.05) is 62.0 Å². The Morgan fingerprint density at radius 3 is 1.56 bits per heavy atom. The fourth-order valence-corrected chi connectivity index (χ4v) is 3.95. The van der Waals surface area contributed by atoms with E-state index < -0.39 is 0 Å². The van der Waals surface area contributed by atoms with Crippen LogP contribution in [0.5, 0.6) is 11.5 Å². The lowest BCUT2D eigenvalue weighted by molar-refractivity contribution is -0.118. The maximum absolute atomic E-state index is 12.1. The number of anilines is 2. The SMILES string of the molecule is CCCOCN(C(=O)CCl)c1c(C)cccc1OC.CCCOCN(C(=O)CCl)c1c(C)cccc1OCC. The van der Waals surface area contributed by atoms with Gasteiger partial charge in [0.15, 0.2) is 0 Å². The van der Waals surface area contributed by atoms with Gasteiger partial charge < -0.3 is 18.9 Å². The van der Waals surface area contributed by atoms with E-state index in [0.29, 0.717) is 37.0 Å². The maximum Gasteiger partial charge on any atom is 0.243 e. The van der Waals surface area contributed by atoms with Crippen LogP contribution >= 0.6 is 23.2 Å². The van der Waals surface area contributed by atoms with Gasteiger partial charge in [-0.25, -0.2) is 0 Å². The Labute approximate surface area is 243 Å². The number of aryl methyl sites for hydroxylation is 2. The number of hydrogen-bond donors (Lipinski definition) is 0. The molecule has 218 valence electrons. The quantitative estimate of drug-likeness (QED) is 0.139. The molecule has 0 aromatic heterocycles. The van der Waals surface area contributed by atoms with Crippen LogP contribution in [0.3, 0.4) is 0 Å². The number of rotatable bonds is 15. The number of amides is 2. The van der Waals surface area contributed by atoms with Crippen molar-refractivity contribution >= 4 is 46.4 Å². The number of nitrogens with zero attached hydrogens (tertiary/aromatic N) is 2. The van der Waals surface area contributed by atoms with Gasteiger partial charge in [-0.3, -0.25) is 19.4 Å². The number of alkyl halides is 2. The van der Waals surface area contributed by atoms with Crippen LogP contribution in [0.15, 0.2) is 36.4 Å². The summed E-state index contributed by atoms with van der Waals surface area (Å²) in [6.45, 7) is 11.9. The highest BCUT2D eigenvalue weighted by Gasteiger charge is 2.22. The molecule has 0 heterocycles. The molecule has 2 aromatic carbocycles. The van der Waals surface area contributed by atoms with Crippen LogP contribution in [-0.2, 0) is 19.1 Å². The molecule has 0 aliphatic carbocycles. The molecule has 0 saturated heterocycles. The molecule has 0 spiro atoms. The fraction of sp³-hybridized carbons (Fsp3) is 0.517. The smallest absolute Gasteiger partial charge is 0.243 e. The van der Waals surface area contributed by atoms with E-state index in [0.717, 1.165) is 29.7 Å². The van der Waals surface area contributed by atoms with Crippen LogP contribution in [0, 0.1) is 13.8 Å². The summed E-state index contributed by atoms with van der Waals surface area (Å²) < 4.78 is 21.9. The number of para-hydroxylation sites is 2. The van der Waals surface area contributed by atoms with Crippen molar-refractivity contribution in [3.8, 4) is 11.5 Å². The molecule has 8 nitrogen and oxygen atoms in total. The molecule has 2 amide bonds.